The van der Waals surface area contributed by atoms with Gasteiger partial charge in [-0.25, -0.2) is 0 Å². The molecule has 1 heterocycles. The van der Waals surface area contributed by atoms with Crippen LogP contribution in [0.4, 0.5) is 5.69 Å². The minimum Gasteiger partial charge on any atom is -0.379 e. The summed E-state index contributed by atoms with van der Waals surface area (Å²) in [7, 11) is 1.83. The lowest BCUT2D eigenvalue weighted by molar-refractivity contribution is -0.120. The zero-order valence-electron chi connectivity index (χ0n) is 10.3. The van der Waals surface area contributed by atoms with Gasteiger partial charge in [0.05, 0.1) is 19.1 Å². The van der Waals surface area contributed by atoms with Crippen molar-refractivity contribution in [2.45, 2.75) is 6.04 Å². The Labute approximate surface area is 107 Å². The second kappa shape index (κ2) is 5.67. The molecule has 0 saturated carbocycles. The predicted octanol–water partition coefficient (Wildman–Crippen LogP) is 0.841. The molecule has 4 nitrogen and oxygen atoms in total. The smallest absolute Gasteiger partial charge is 0.231 e. The zero-order chi connectivity index (χ0) is 13.0. The van der Waals surface area contributed by atoms with Crippen LogP contribution in [-0.4, -0.2) is 32.2 Å². The molecule has 0 spiro atoms. The van der Waals surface area contributed by atoms with E-state index in [1.54, 1.807) is 6.07 Å². The Morgan fingerprint density at radius 2 is 2.33 bits per heavy atom. The first-order valence-electron chi connectivity index (χ1n) is 5.87. The fourth-order valence-electron chi connectivity index (χ4n) is 2.02. The Hall–Kier alpha value is -1.83. The summed E-state index contributed by atoms with van der Waals surface area (Å²) in [5.41, 5.74) is 1.47. The second-order valence-corrected chi connectivity index (χ2v) is 4.25. The minimum absolute atomic E-state index is 0.0407. The van der Waals surface area contributed by atoms with Crippen molar-refractivity contribution in [3.05, 3.63) is 29.8 Å². The van der Waals surface area contributed by atoms with Crippen molar-refractivity contribution in [1.82, 2.24) is 5.32 Å². The molecule has 1 fully saturated rings. The molecule has 0 aromatic heterocycles. The summed E-state index contributed by atoms with van der Waals surface area (Å²) >= 11 is 0. The van der Waals surface area contributed by atoms with Crippen LogP contribution >= 0.6 is 0 Å². The van der Waals surface area contributed by atoms with E-state index in [0.29, 0.717) is 13.2 Å². The molecule has 2 atom stereocenters. The quantitative estimate of drug-likeness (QED) is 0.775. The third-order valence-corrected chi connectivity index (χ3v) is 3.08. The van der Waals surface area contributed by atoms with Gasteiger partial charge >= 0.3 is 0 Å². The summed E-state index contributed by atoms with van der Waals surface area (Å²) in [6, 6.07) is 7.32. The van der Waals surface area contributed by atoms with Crippen molar-refractivity contribution in [1.29, 1.82) is 0 Å². The molecule has 0 radical (unpaired) electrons. The van der Waals surface area contributed by atoms with E-state index >= 15 is 0 Å². The van der Waals surface area contributed by atoms with Crippen LogP contribution in [0.1, 0.15) is 5.56 Å². The molecular formula is C14H16N2O2. The number of benzene rings is 1. The fourth-order valence-corrected chi connectivity index (χ4v) is 2.02. The molecule has 0 aliphatic carbocycles. The van der Waals surface area contributed by atoms with Crippen LogP contribution in [0.5, 0.6) is 0 Å². The number of likely N-dealkylation sites (N-methyl/N-ethyl adjacent to an activating group) is 1. The summed E-state index contributed by atoms with van der Waals surface area (Å²) in [4.78, 5) is 12.1. The Morgan fingerprint density at radius 3 is 3.06 bits per heavy atom. The van der Waals surface area contributed by atoms with Crippen molar-refractivity contribution < 1.29 is 9.53 Å². The van der Waals surface area contributed by atoms with Gasteiger partial charge in [0, 0.05) is 17.3 Å². The van der Waals surface area contributed by atoms with Crippen molar-refractivity contribution in [3.8, 4) is 12.3 Å². The van der Waals surface area contributed by atoms with Crippen LogP contribution in [0, 0.1) is 18.3 Å². The lowest BCUT2D eigenvalue weighted by Gasteiger charge is -2.16. The number of terminal acetylenes is 1. The van der Waals surface area contributed by atoms with Crippen molar-refractivity contribution in [2.24, 2.45) is 5.92 Å². The van der Waals surface area contributed by atoms with E-state index in [-0.39, 0.29) is 17.9 Å². The Morgan fingerprint density at radius 1 is 1.50 bits per heavy atom. The average Bonchev–Trinajstić information content (AvgIpc) is 2.87. The maximum atomic E-state index is 12.1. The highest BCUT2D eigenvalue weighted by atomic mass is 16.5. The second-order valence-electron chi connectivity index (χ2n) is 4.25. The van der Waals surface area contributed by atoms with Gasteiger partial charge < -0.3 is 15.4 Å². The van der Waals surface area contributed by atoms with Gasteiger partial charge in [0.2, 0.25) is 5.91 Å². The number of nitrogens with one attached hydrogen (secondary N) is 2. The van der Waals surface area contributed by atoms with Gasteiger partial charge in [0.25, 0.3) is 0 Å². The molecule has 1 aromatic rings. The van der Waals surface area contributed by atoms with Crippen LogP contribution in [0.3, 0.4) is 0 Å². The van der Waals surface area contributed by atoms with Gasteiger partial charge in [-0.15, -0.1) is 6.42 Å². The van der Waals surface area contributed by atoms with Crippen molar-refractivity contribution >= 4 is 11.6 Å². The Balaban J connectivity index is 2.04. The summed E-state index contributed by atoms with van der Waals surface area (Å²) in [6.45, 7) is 1.02. The lowest BCUT2D eigenvalue weighted by Crippen LogP contribution is -2.39. The first kappa shape index (κ1) is 12.6. The summed E-state index contributed by atoms with van der Waals surface area (Å²) in [5.74, 6) is 2.34. The van der Waals surface area contributed by atoms with Gasteiger partial charge in [-0.1, -0.05) is 12.0 Å². The van der Waals surface area contributed by atoms with Gasteiger partial charge in [-0.3, -0.25) is 4.79 Å². The average molecular weight is 244 g/mol. The van der Waals surface area contributed by atoms with E-state index in [4.69, 9.17) is 11.2 Å². The number of anilines is 1. The molecule has 0 bridgehead atoms. The minimum atomic E-state index is -0.163. The molecule has 1 aromatic carbocycles. The number of amides is 1. The van der Waals surface area contributed by atoms with Gasteiger partial charge in [-0.05, 0) is 25.2 Å². The van der Waals surface area contributed by atoms with E-state index in [9.17, 15) is 4.79 Å². The van der Waals surface area contributed by atoms with E-state index in [2.05, 4.69) is 16.6 Å². The number of hydrogen-bond donors (Lipinski definition) is 2. The summed E-state index contributed by atoms with van der Waals surface area (Å²) in [6.07, 6.45) is 5.32. The zero-order valence-corrected chi connectivity index (χ0v) is 10.3. The molecule has 1 aliphatic heterocycles. The molecular weight excluding hydrogens is 228 g/mol. The van der Waals surface area contributed by atoms with Crippen molar-refractivity contribution in [3.63, 3.8) is 0 Å². The van der Waals surface area contributed by atoms with Crippen molar-refractivity contribution in [2.75, 3.05) is 25.6 Å². The highest BCUT2D eigenvalue weighted by molar-refractivity contribution is 5.93. The molecule has 94 valence electrons. The summed E-state index contributed by atoms with van der Waals surface area (Å²) in [5, 5.41) is 5.95. The molecule has 1 amide bonds. The van der Waals surface area contributed by atoms with Crippen LogP contribution in [0.25, 0.3) is 0 Å². The third-order valence-electron chi connectivity index (χ3n) is 3.08. The van der Waals surface area contributed by atoms with E-state index < -0.39 is 0 Å². The monoisotopic (exact) mass is 244 g/mol. The van der Waals surface area contributed by atoms with E-state index in [1.807, 2.05) is 25.2 Å². The Bertz CT molecular complexity index is 479. The fraction of sp³-hybridized carbons (Fsp3) is 0.357. The van der Waals surface area contributed by atoms with E-state index in [1.165, 1.54) is 0 Å². The number of carbonyl (C=O) groups excluding carboxylic acids is 1. The maximum Gasteiger partial charge on any atom is 0.231 e. The van der Waals surface area contributed by atoms with Crippen LogP contribution in [-0.2, 0) is 9.53 Å². The molecule has 1 saturated heterocycles. The molecule has 2 N–H and O–H groups in total. The van der Waals surface area contributed by atoms with Gasteiger partial charge in [0.1, 0.15) is 0 Å². The maximum absolute atomic E-state index is 12.1. The van der Waals surface area contributed by atoms with Crippen LogP contribution in [0.15, 0.2) is 24.3 Å². The lowest BCUT2D eigenvalue weighted by atomic mass is 10.0. The number of rotatable bonds is 3. The SMILES string of the molecule is C#Cc1cccc(NC(=O)C2COCC2NC)c1. The molecule has 18 heavy (non-hydrogen) atoms. The Kier molecular flexibility index (Phi) is 3.98. The van der Waals surface area contributed by atoms with Gasteiger partial charge in [-0.2, -0.15) is 0 Å². The highest BCUT2D eigenvalue weighted by Crippen LogP contribution is 2.17. The molecule has 2 unspecified atom stereocenters. The largest absolute Gasteiger partial charge is 0.379 e. The molecule has 2 rings (SSSR count). The molecule has 1 aliphatic rings. The number of carbonyl (C=O) groups is 1. The molecule has 4 heteroatoms. The number of ether oxygens (including phenoxy) is 1. The predicted molar refractivity (Wildman–Crippen MR) is 70.2 cm³/mol. The number of hydrogen-bond acceptors (Lipinski definition) is 3. The van der Waals surface area contributed by atoms with E-state index in [0.717, 1.165) is 11.3 Å². The first-order chi connectivity index (χ1) is 8.74. The topological polar surface area (TPSA) is 50.4 Å². The third kappa shape index (κ3) is 2.70. The summed E-state index contributed by atoms with van der Waals surface area (Å²) < 4.78 is 5.31. The first-order valence-corrected chi connectivity index (χ1v) is 5.87. The highest BCUT2D eigenvalue weighted by Gasteiger charge is 2.32. The standard InChI is InChI=1S/C14H16N2O2/c1-3-10-5-4-6-11(7-10)16-14(17)12-8-18-9-13(12)15-2/h1,4-7,12-13,15H,8-9H2,2H3,(H,16,17). The normalized spacial score (nSPS) is 22.4. The van der Waals surface area contributed by atoms with Crippen LogP contribution < -0.4 is 10.6 Å². The van der Waals surface area contributed by atoms with Gasteiger partial charge in [0.15, 0.2) is 0 Å². The van der Waals surface area contributed by atoms with Crippen LogP contribution in [0.2, 0.25) is 0 Å².